The SMILES string of the molecule is CCCCCC1C=CC(C2CCC(C3CCC(c4ccc(C)c(F)c4F)CC3)CC2)CC1. The van der Waals surface area contributed by atoms with E-state index in [9.17, 15) is 8.78 Å². The summed E-state index contributed by atoms with van der Waals surface area (Å²) in [6, 6.07) is 3.57. The fourth-order valence-electron chi connectivity index (χ4n) is 7.11. The smallest absolute Gasteiger partial charge is 0.162 e. The second-order valence-corrected chi connectivity index (χ2v) is 11.3. The van der Waals surface area contributed by atoms with E-state index in [1.54, 1.807) is 13.0 Å². The van der Waals surface area contributed by atoms with Crippen LogP contribution in [0, 0.1) is 48.1 Å². The number of allylic oxidation sites excluding steroid dienone is 2. The standard InChI is InChI=1S/C30H44F2/c1-3-4-5-6-22-8-10-23(11-9-22)24-12-14-25(15-13-24)26-16-18-27(19-17-26)28-20-7-21(2)29(31)30(28)32/h7-8,10,20,22-27H,3-6,9,11-19H2,1-2H3. The van der Waals surface area contributed by atoms with Gasteiger partial charge >= 0.3 is 0 Å². The van der Waals surface area contributed by atoms with Crippen molar-refractivity contribution in [3.63, 3.8) is 0 Å². The molecule has 0 amide bonds. The molecule has 0 radical (unpaired) electrons. The maximum atomic E-state index is 14.4. The maximum absolute atomic E-state index is 14.4. The molecule has 2 heteroatoms. The van der Waals surface area contributed by atoms with Gasteiger partial charge in [-0.1, -0.05) is 50.5 Å². The van der Waals surface area contributed by atoms with Crippen LogP contribution < -0.4 is 0 Å². The van der Waals surface area contributed by atoms with E-state index >= 15 is 0 Å². The van der Waals surface area contributed by atoms with Crippen molar-refractivity contribution in [3.05, 3.63) is 47.0 Å². The molecule has 2 atom stereocenters. The molecule has 4 rings (SSSR count). The lowest BCUT2D eigenvalue weighted by Crippen LogP contribution is -2.28. The minimum Gasteiger partial charge on any atom is -0.203 e. The van der Waals surface area contributed by atoms with E-state index < -0.39 is 11.6 Å². The van der Waals surface area contributed by atoms with Crippen LogP contribution in [0.15, 0.2) is 24.3 Å². The highest BCUT2D eigenvalue weighted by atomic mass is 19.2. The second-order valence-electron chi connectivity index (χ2n) is 11.3. The molecule has 0 heterocycles. The largest absolute Gasteiger partial charge is 0.203 e. The summed E-state index contributed by atoms with van der Waals surface area (Å²) < 4.78 is 28.5. The first kappa shape index (κ1) is 24.0. The van der Waals surface area contributed by atoms with Crippen LogP contribution in [0.25, 0.3) is 0 Å². The molecule has 2 saturated carbocycles. The molecule has 0 spiro atoms. The molecule has 32 heavy (non-hydrogen) atoms. The van der Waals surface area contributed by atoms with Crippen LogP contribution in [-0.2, 0) is 0 Å². The van der Waals surface area contributed by atoms with Gasteiger partial charge in [-0.25, -0.2) is 8.78 Å². The minimum atomic E-state index is -0.646. The third kappa shape index (κ3) is 5.65. The van der Waals surface area contributed by atoms with Crippen molar-refractivity contribution in [3.8, 4) is 0 Å². The summed E-state index contributed by atoms with van der Waals surface area (Å²) in [4.78, 5) is 0. The third-order valence-electron chi connectivity index (χ3n) is 9.29. The molecule has 178 valence electrons. The van der Waals surface area contributed by atoms with Crippen molar-refractivity contribution in [1.82, 2.24) is 0 Å². The molecule has 0 nitrogen and oxygen atoms in total. The van der Waals surface area contributed by atoms with Gasteiger partial charge < -0.3 is 0 Å². The lowest BCUT2D eigenvalue weighted by Gasteiger charge is -2.40. The Hall–Kier alpha value is -1.18. The topological polar surface area (TPSA) is 0 Å². The Labute approximate surface area is 195 Å². The highest BCUT2D eigenvalue weighted by Crippen LogP contribution is 2.46. The molecular formula is C30H44F2. The number of benzene rings is 1. The summed E-state index contributed by atoms with van der Waals surface area (Å²) in [7, 11) is 0. The van der Waals surface area contributed by atoms with E-state index in [-0.39, 0.29) is 5.92 Å². The van der Waals surface area contributed by atoms with Crippen LogP contribution in [0.3, 0.4) is 0 Å². The Bertz CT molecular complexity index is 750. The molecule has 3 aliphatic carbocycles. The van der Waals surface area contributed by atoms with Gasteiger partial charge in [0.25, 0.3) is 0 Å². The van der Waals surface area contributed by atoms with E-state index in [1.165, 1.54) is 77.0 Å². The fourth-order valence-corrected chi connectivity index (χ4v) is 7.11. The van der Waals surface area contributed by atoms with Crippen molar-refractivity contribution in [2.24, 2.45) is 29.6 Å². The molecular weight excluding hydrogens is 398 g/mol. The maximum Gasteiger partial charge on any atom is 0.162 e. The van der Waals surface area contributed by atoms with Gasteiger partial charge in [0.05, 0.1) is 0 Å². The zero-order valence-electron chi connectivity index (χ0n) is 20.4. The first-order valence-electron chi connectivity index (χ1n) is 13.7. The van der Waals surface area contributed by atoms with Crippen LogP contribution in [0.5, 0.6) is 0 Å². The van der Waals surface area contributed by atoms with Gasteiger partial charge in [-0.15, -0.1) is 0 Å². The van der Waals surface area contributed by atoms with E-state index in [2.05, 4.69) is 19.1 Å². The lowest BCUT2D eigenvalue weighted by atomic mass is 9.65. The average molecular weight is 443 g/mol. The Morgan fingerprint density at radius 2 is 1.38 bits per heavy atom. The summed E-state index contributed by atoms with van der Waals surface area (Å²) >= 11 is 0. The predicted molar refractivity (Wildman–Crippen MR) is 131 cm³/mol. The van der Waals surface area contributed by atoms with Crippen LogP contribution in [0.1, 0.15) is 114 Å². The minimum absolute atomic E-state index is 0.204. The zero-order valence-corrected chi connectivity index (χ0v) is 20.4. The van der Waals surface area contributed by atoms with E-state index in [0.29, 0.717) is 11.1 Å². The van der Waals surface area contributed by atoms with Crippen molar-refractivity contribution in [1.29, 1.82) is 0 Å². The quantitative estimate of drug-likeness (QED) is 0.291. The molecule has 1 aromatic rings. The Morgan fingerprint density at radius 1 is 0.719 bits per heavy atom. The van der Waals surface area contributed by atoms with Crippen LogP contribution >= 0.6 is 0 Å². The molecule has 2 unspecified atom stereocenters. The molecule has 0 saturated heterocycles. The Morgan fingerprint density at radius 3 is 2.00 bits per heavy atom. The summed E-state index contributed by atoms with van der Waals surface area (Å²) in [6.07, 6.45) is 23.5. The Kier molecular flexibility index (Phi) is 8.46. The van der Waals surface area contributed by atoms with Gasteiger partial charge in [-0.2, -0.15) is 0 Å². The Balaban J connectivity index is 1.21. The number of rotatable bonds is 7. The second kappa shape index (κ2) is 11.3. The molecule has 0 aromatic heterocycles. The number of hydrogen-bond donors (Lipinski definition) is 0. The van der Waals surface area contributed by atoms with E-state index in [1.807, 2.05) is 6.07 Å². The molecule has 0 aliphatic heterocycles. The third-order valence-corrected chi connectivity index (χ3v) is 9.29. The fraction of sp³-hybridized carbons (Fsp3) is 0.733. The number of aryl methyl sites for hydroxylation is 1. The van der Waals surface area contributed by atoms with Crippen LogP contribution in [-0.4, -0.2) is 0 Å². The highest BCUT2D eigenvalue weighted by Gasteiger charge is 2.34. The zero-order chi connectivity index (χ0) is 22.5. The van der Waals surface area contributed by atoms with Crippen molar-refractivity contribution < 1.29 is 8.78 Å². The van der Waals surface area contributed by atoms with Gasteiger partial charge in [0, 0.05) is 0 Å². The first-order valence-corrected chi connectivity index (χ1v) is 13.7. The number of halogens is 2. The van der Waals surface area contributed by atoms with E-state index in [0.717, 1.165) is 42.4 Å². The van der Waals surface area contributed by atoms with Crippen LogP contribution in [0.4, 0.5) is 8.78 Å². The van der Waals surface area contributed by atoms with Crippen molar-refractivity contribution in [2.75, 3.05) is 0 Å². The van der Waals surface area contributed by atoms with Crippen LogP contribution in [0.2, 0.25) is 0 Å². The highest BCUT2D eigenvalue weighted by molar-refractivity contribution is 5.28. The lowest BCUT2D eigenvalue weighted by molar-refractivity contribution is 0.138. The van der Waals surface area contributed by atoms with Gasteiger partial charge in [0.15, 0.2) is 11.6 Å². The molecule has 3 aliphatic rings. The summed E-state index contributed by atoms with van der Waals surface area (Å²) in [5, 5.41) is 0. The van der Waals surface area contributed by atoms with Gasteiger partial charge in [0.1, 0.15) is 0 Å². The van der Waals surface area contributed by atoms with Gasteiger partial charge in [-0.05, 0) is 124 Å². The normalized spacial score (nSPS) is 33.4. The molecule has 2 fully saturated rings. The van der Waals surface area contributed by atoms with Gasteiger partial charge in [0.2, 0.25) is 0 Å². The number of unbranched alkanes of at least 4 members (excludes halogenated alkanes) is 2. The number of hydrogen-bond acceptors (Lipinski definition) is 0. The summed E-state index contributed by atoms with van der Waals surface area (Å²) in [5.74, 6) is 3.20. The molecule has 0 N–H and O–H groups in total. The predicted octanol–water partition coefficient (Wildman–Crippen LogP) is 9.52. The van der Waals surface area contributed by atoms with Crippen molar-refractivity contribution in [2.45, 2.75) is 110 Å². The molecule has 0 bridgehead atoms. The van der Waals surface area contributed by atoms with E-state index in [4.69, 9.17) is 0 Å². The first-order chi connectivity index (χ1) is 15.6. The van der Waals surface area contributed by atoms with Crippen molar-refractivity contribution >= 4 is 0 Å². The monoisotopic (exact) mass is 442 g/mol. The molecule has 1 aromatic carbocycles. The van der Waals surface area contributed by atoms with Gasteiger partial charge in [-0.3, -0.25) is 0 Å². The summed E-state index contributed by atoms with van der Waals surface area (Å²) in [6.45, 7) is 3.93. The average Bonchev–Trinajstić information content (AvgIpc) is 2.84. The summed E-state index contributed by atoms with van der Waals surface area (Å²) in [5.41, 5.74) is 1.03.